The smallest absolute Gasteiger partial charge is 0.273 e. The Bertz CT molecular complexity index is 1210. The van der Waals surface area contributed by atoms with Crippen molar-refractivity contribution in [3.05, 3.63) is 39.2 Å². The molecule has 1 amide bonds. The van der Waals surface area contributed by atoms with Crippen LogP contribution in [0, 0.1) is 0 Å². The van der Waals surface area contributed by atoms with Crippen molar-refractivity contribution in [3.8, 4) is 10.7 Å². The number of nitrogens with zero attached hydrogens (tertiary/aromatic N) is 6. The third-order valence-electron chi connectivity index (χ3n) is 5.37. The van der Waals surface area contributed by atoms with Crippen LogP contribution in [-0.2, 0) is 9.47 Å². The minimum atomic E-state index is -1.15. The zero-order valence-electron chi connectivity index (χ0n) is 19.5. The van der Waals surface area contributed by atoms with Crippen molar-refractivity contribution in [2.24, 2.45) is 0 Å². The van der Waals surface area contributed by atoms with Crippen LogP contribution in [0.15, 0.2) is 33.2 Å². The first-order valence-electron chi connectivity index (χ1n) is 10.9. The lowest BCUT2D eigenvalue weighted by Gasteiger charge is -2.43. The van der Waals surface area contributed by atoms with E-state index in [1.54, 1.807) is 37.9 Å². The van der Waals surface area contributed by atoms with E-state index in [1.807, 2.05) is 6.92 Å². The lowest BCUT2D eigenvalue weighted by molar-refractivity contribution is -0.191. The summed E-state index contributed by atoms with van der Waals surface area (Å²) in [7, 11) is 3.29. The van der Waals surface area contributed by atoms with Gasteiger partial charge in [-0.3, -0.25) is 4.79 Å². The van der Waals surface area contributed by atoms with Gasteiger partial charge in [-0.2, -0.15) is 0 Å². The molecule has 15 heteroatoms. The van der Waals surface area contributed by atoms with Crippen molar-refractivity contribution in [1.82, 2.24) is 29.9 Å². The maximum atomic E-state index is 12.8. The maximum Gasteiger partial charge on any atom is 0.273 e. The van der Waals surface area contributed by atoms with Crippen LogP contribution in [0.25, 0.3) is 10.7 Å². The van der Waals surface area contributed by atoms with Gasteiger partial charge in [-0.1, -0.05) is 28.6 Å². The first kappa shape index (κ1) is 27.4. The monoisotopic (exact) mass is 618 g/mol. The van der Waals surface area contributed by atoms with Crippen LogP contribution < -0.4 is 0 Å². The normalized spacial score (nSPS) is 24.1. The molecule has 0 spiro atoms. The van der Waals surface area contributed by atoms with E-state index in [9.17, 15) is 15.0 Å². The SMILES string of the molecule is CCO[C@@H]1[C@@H](n2cc(-c3nc(Cl)cs3)nn2)[C@@H](O)[C@@H](CO)O[C@@H]1Sc1cc(Br)cnc1C(=O)N(C)C. The number of aliphatic hydroxyl groups excluding tert-OH is 2. The summed E-state index contributed by atoms with van der Waals surface area (Å²) in [6.45, 7) is 1.72. The Morgan fingerprint density at radius 2 is 2.22 bits per heavy atom. The van der Waals surface area contributed by atoms with Gasteiger partial charge in [0, 0.05) is 41.6 Å². The number of aromatic nitrogens is 5. The first-order chi connectivity index (χ1) is 17.2. The van der Waals surface area contributed by atoms with Crippen molar-refractivity contribution in [2.75, 3.05) is 27.3 Å². The van der Waals surface area contributed by atoms with E-state index in [4.69, 9.17) is 21.1 Å². The average Bonchev–Trinajstić information content (AvgIpc) is 3.50. The molecule has 11 nitrogen and oxygen atoms in total. The molecular weight excluding hydrogens is 596 g/mol. The van der Waals surface area contributed by atoms with Crippen LogP contribution in [-0.4, -0.2) is 97.0 Å². The van der Waals surface area contributed by atoms with Crippen LogP contribution >= 0.6 is 50.6 Å². The molecule has 1 aliphatic rings. The number of carbonyl (C=O) groups excluding carboxylic acids is 1. The molecule has 5 atom stereocenters. The molecule has 0 bridgehead atoms. The molecule has 0 saturated carbocycles. The quantitative estimate of drug-likeness (QED) is 0.387. The summed E-state index contributed by atoms with van der Waals surface area (Å²) in [4.78, 5) is 23.3. The Morgan fingerprint density at radius 3 is 2.86 bits per heavy atom. The Morgan fingerprint density at radius 1 is 1.44 bits per heavy atom. The summed E-state index contributed by atoms with van der Waals surface area (Å²) in [5.74, 6) is -0.271. The van der Waals surface area contributed by atoms with Crippen molar-refractivity contribution in [2.45, 2.75) is 41.6 Å². The fraction of sp³-hybridized carbons (Fsp3) is 0.476. The largest absolute Gasteiger partial charge is 0.394 e. The number of carbonyl (C=O) groups is 1. The number of amides is 1. The van der Waals surface area contributed by atoms with Crippen molar-refractivity contribution in [1.29, 1.82) is 0 Å². The minimum Gasteiger partial charge on any atom is -0.394 e. The van der Waals surface area contributed by atoms with E-state index in [-0.39, 0.29) is 11.6 Å². The Labute approximate surface area is 228 Å². The highest BCUT2D eigenvalue weighted by molar-refractivity contribution is 9.10. The molecule has 1 fully saturated rings. The molecule has 1 aliphatic heterocycles. The van der Waals surface area contributed by atoms with Gasteiger partial charge in [-0.15, -0.1) is 16.4 Å². The predicted octanol–water partition coefficient (Wildman–Crippen LogP) is 2.73. The van der Waals surface area contributed by atoms with Gasteiger partial charge in [0.05, 0.1) is 12.8 Å². The summed E-state index contributed by atoms with van der Waals surface area (Å²) in [6.07, 6.45) is 0.403. The van der Waals surface area contributed by atoms with Crippen LogP contribution in [0.1, 0.15) is 23.5 Å². The topological polar surface area (TPSA) is 136 Å². The Balaban J connectivity index is 1.71. The number of pyridine rings is 1. The fourth-order valence-corrected chi connectivity index (χ4v) is 6.38. The van der Waals surface area contributed by atoms with Gasteiger partial charge in [0.15, 0.2) is 0 Å². The number of rotatable bonds is 8. The molecule has 3 aromatic rings. The number of thioether (sulfide) groups is 1. The number of thiazole rings is 1. The highest BCUT2D eigenvalue weighted by Crippen LogP contribution is 2.41. The van der Waals surface area contributed by atoms with E-state index in [0.29, 0.717) is 31.8 Å². The van der Waals surface area contributed by atoms with Crippen molar-refractivity contribution in [3.63, 3.8) is 0 Å². The van der Waals surface area contributed by atoms with E-state index in [0.717, 1.165) is 0 Å². The zero-order chi connectivity index (χ0) is 26.0. The lowest BCUT2D eigenvalue weighted by Crippen LogP contribution is -2.56. The molecule has 0 radical (unpaired) electrons. The Hall–Kier alpha value is -1.65. The van der Waals surface area contributed by atoms with Crippen molar-refractivity contribution < 1.29 is 24.5 Å². The zero-order valence-corrected chi connectivity index (χ0v) is 23.5. The van der Waals surface area contributed by atoms with E-state index in [2.05, 4.69) is 36.2 Å². The molecular formula is C21H24BrClN6O5S2. The maximum absolute atomic E-state index is 12.8. The molecule has 2 N–H and O–H groups in total. The summed E-state index contributed by atoms with van der Waals surface area (Å²) < 4.78 is 14.3. The molecule has 4 rings (SSSR count). The standard InChI is InChI=1S/C21H24BrClN6O5S2/c1-4-33-18-16(29-7-11(26-27-29)19-25-14(23)9-35-19)17(31)12(8-30)34-21(18)36-13-5-10(22)6-24-15(13)20(32)28(2)3/h5-7,9,12,16-18,21,30-31H,4,8H2,1-3H3/t12-,16+,17+,18-,21-/m1/s1. The highest BCUT2D eigenvalue weighted by atomic mass is 79.9. The molecule has 36 heavy (non-hydrogen) atoms. The molecule has 1 saturated heterocycles. The van der Waals surface area contributed by atoms with Crippen LogP contribution in [0.3, 0.4) is 0 Å². The van der Waals surface area contributed by atoms with Gasteiger partial charge in [0.2, 0.25) is 0 Å². The number of aliphatic hydroxyl groups is 2. The Kier molecular flexibility index (Phi) is 8.99. The van der Waals surface area contributed by atoms with Gasteiger partial charge < -0.3 is 24.6 Å². The van der Waals surface area contributed by atoms with E-state index in [1.165, 1.54) is 32.7 Å². The third-order valence-corrected chi connectivity index (χ3v) is 8.16. The van der Waals surface area contributed by atoms with Crippen LogP contribution in [0.2, 0.25) is 5.15 Å². The molecule has 0 aromatic carbocycles. The minimum absolute atomic E-state index is 0.249. The third kappa shape index (κ3) is 5.75. The fourth-order valence-electron chi connectivity index (χ4n) is 3.73. The molecule has 0 unspecified atom stereocenters. The second kappa shape index (κ2) is 11.8. The lowest BCUT2D eigenvalue weighted by atomic mass is 9.97. The number of halogens is 2. The highest BCUT2D eigenvalue weighted by Gasteiger charge is 2.48. The summed E-state index contributed by atoms with van der Waals surface area (Å²) in [6, 6.07) is 1.02. The van der Waals surface area contributed by atoms with Gasteiger partial charge >= 0.3 is 0 Å². The molecule has 3 aromatic heterocycles. The summed E-state index contributed by atoms with van der Waals surface area (Å²) >= 11 is 11.9. The average molecular weight is 620 g/mol. The van der Waals surface area contributed by atoms with Crippen molar-refractivity contribution >= 4 is 56.5 Å². The molecule has 0 aliphatic carbocycles. The second-order valence-corrected chi connectivity index (χ2v) is 11.3. The molecule has 4 heterocycles. The van der Waals surface area contributed by atoms with Gasteiger partial charge in [-0.25, -0.2) is 14.6 Å². The summed E-state index contributed by atoms with van der Waals surface area (Å²) in [5, 5.41) is 32.2. The summed E-state index contributed by atoms with van der Waals surface area (Å²) in [5.41, 5.74) is 0.0156. The van der Waals surface area contributed by atoms with Gasteiger partial charge in [0.25, 0.3) is 5.91 Å². The predicted molar refractivity (Wildman–Crippen MR) is 138 cm³/mol. The van der Waals surface area contributed by atoms with E-state index < -0.39 is 36.4 Å². The second-order valence-electron chi connectivity index (χ2n) is 8.00. The first-order valence-corrected chi connectivity index (χ1v) is 13.8. The van der Waals surface area contributed by atoms with Gasteiger partial charge in [0.1, 0.15) is 51.3 Å². The number of hydrogen-bond acceptors (Lipinski definition) is 11. The van der Waals surface area contributed by atoms with Gasteiger partial charge in [-0.05, 0) is 28.9 Å². The van der Waals surface area contributed by atoms with Crippen LogP contribution in [0.5, 0.6) is 0 Å². The number of ether oxygens (including phenoxy) is 2. The molecule has 194 valence electrons. The van der Waals surface area contributed by atoms with E-state index >= 15 is 0 Å². The number of hydrogen-bond donors (Lipinski definition) is 2. The van der Waals surface area contributed by atoms with Crippen LogP contribution in [0.4, 0.5) is 0 Å².